The quantitative estimate of drug-likeness (QED) is 0.362. The average molecular weight is 280 g/mol. The number of nitro benzene ring substituents is 1. The van der Waals surface area contributed by atoms with Crippen molar-refractivity contribution in [1.82, 2.24) is 4.31 Å². The Labute approximate surface area is 111 Å². The Hall–Kier alpha value is -1.91. The number of hydrogen-bond donors (Lipinski definition) is 0. The van der Waals surface area contributed by atoms with Crippen molar-refractivity contribution in [2.24, 2.45) is 0 Å². The molecule has 1 aromatic rings. The number of sulfonamides is 1. The standard InChI is InChI=1S/C12H12N2O4S/c1-4-12(3)9(2)13(12)19(17,18)11-8-6-5-7-10(11)14(15)16/h1,5-9H,2-3H3/t9-,12+,13?/m1/s1. The van der Waals surface area contributed by atoms with Crippen LogP contribution in [0.3, 0.4) is 0 Å². The number of hydrogen-bond acceptors (Lipinski definition) is 4. The van der Waals surface area contributed by atoms with Crippen LogP contribution in [0.5, 0.6) is 0 Å². The lowest BCUT2D eigenvalue weighted by Gasteiger charge is -2.08. The van der Waals surface area contributed by atoms with Gasteiger partial charge in [0, 0.05) is 6.07 Å². The van der Waals surface area contributed by atoms with Crippen LogP contribution in [0.1, 0.15) is 13.8 Å². The van der Waals surface area contributed by atoms with Gasteiger partial charge in [0.05, 0.1) is 11.0 Å². The molecule has 0 saturated carbocycles. The molecule has 0 aromatic heterocycles. The van der Waals surface area contributed by atoms with Crippen LogP contribution in [0.4, 0.5) is 5.69 Å². The zero-order valence-electron chi connectivity index (χ0n) is 10.4. The van der Waals surface area contributed by atoms with Gasteiger partial charge in [0.2, 0.25) is 0 Å². The molecule has 0 radical (unpaired) electrons. The van der Waals surface area contributed by atoms with E-state index in [4.69, 9.17) is 6.42 Å². The second-order valence-corrected chi connectivity index (χ2v) is 6.28. The summed E-state index contributed by atoms with van der Waals surface area (Å²) in [5, 5.41) is 10.9. The normalized spacial score (nSPS) is 29.5. The highest BCUT2D eigenvalue weighted by Crippen LogP contribution is 2.46. The maximum Gasteiger partial charge on any atom is 0.289 e. The van der Waals surface area contributed by atoms with Crippen molar-refractivity contribution in [3.63, 3.8) is 0 Å². The summed E-state index contributed by atoms with van der Waals surface area (Å²) in [6.45, 7) is 3.29. The Morgan fingerprint density at radius 2 is 2.05 bits per heavy atom. The molecular formula is C12H12N2O4S. The zero-order valence-corrected chi connectivity index (χ0v) is 11.2. The number of para-hydroxylation sites is 1. The maximum atomic E-state index is 12.4. The van der Waals surface area contributed by atoms with Crippen molar-refractivity contribution < 1.29 is 13.3 Å². The van der Waals surface area contributed by atoms with E-state index in [1.165, 1.54) is 18.2 Å². The molecule has 100 valence electrons. The average Bonchev–Trinajstić information content (AvgIpc) is 2.93. The number of terminal acetylenes is 1. The van der Waals surface area contributed by atoms with E-state index < -0.39 is 26.2 Å². The Morgan fingerprint density at radius 3 is 2.53 bits per heavy atom. The smallest absolute Gasteiger partial charge is 0.258 e. The molecule has 0 N–H and O–H groups in total. The lowest BCUT2D eigenvalue weighted by atomic mass is 10.1. The summed E-state index contributed by atoms with van der Waals surface area (Å²) < 4.78 is 26.0. The van der Waals surface area contributed by atoms with E-state index in [-0.39, 0.29) is 10.9 Å². The first-order valence-corrected chi connectivity index (χ1v) is 6.96. The molecule has 19 heavy (non-hydrogen) atoms. The van der Waals surface area contributed by atoms with E-state index in [1.54, 1.807) is 13.8 Å². The minimum Gasteiger partial charge on any atom is -0.258 e. The van der Waals surface area contributed by atoms with E-state index in [1.807, 2.05) is 0 Å². The Kier molecular flexibility index (Phi) is 2.88. The molecule has 1 heterocycles. The molecule has 0 bridgehead atoms. The SMILES string of the molecule is C#C[C@@]1(C)[C@@H](C)N1S(=O)(=O)c1ccccc1[N+](=O)[O-]. The van der Waals surface area contributed by atoms with Crippen molar-refractivity contribution in [2.75, 3.05) is 0 Å². The lowest BCUT2D eigenvalue weighted by Crippen LogP contribution is -2.20. The van der Waals surface area contributed by atoms with Crippen molar-refractivity contribution in [2.45, 2.75) is 30.3 Å². The largest absolute Gasteiger partial charge is 0.289 e. The van der Waals surface area contributed by atoms with E-state index in [0.717, 1.165) is 10.4 Å². The summed E-state index contributed by atoms with van der Waals surface area (Å²) in [4.78, 5) is 9.86. The van der Waals surface area contributed by atoms with Crippen LogP contribution in [-0.4, -0.2) is 29.2 Å². The molecule has 7 heteroatoms. The summed E-state index contributed by atoms with van der Waals surface area (Å²) in [5.74, 6) is 2.42. The second-order valence-electron chi connectivity index (χ2n) is 4.49. The van der Waals surface area contributed by atoms with Gasteiger partial charge in [-0.1, -0.05) is 18.1 Å². The fourth-order valence-corrected chi connectivity index (χ4v) is 4.24. The summed E-state index contributed by atoms with van der Waals surface area (Å²) in [7, 11) is -3.96. The number of nitrogens with zero attached hydrogens (tertiary/aromatic N) is 2. The number of nitro groups is 1. The first-order valence-electron chi connectivity index (χ1n) is 5.52. The van der Waals surface area contributed by atoms with E-state index in [2.05, 4.69) is 5.92 Å². The van der Waals surface area contributed by atoms with Crippen molar-refractivity contribution in [1.29, 1.82) is 0 Å². The van der Waals surface area contributed by atoms with E-state index in [9.17, 15) is 18.5 Å². The van der Waals surface area contributed by atoms with Crippen molar-refractivity contribution in [3.05, 3.63) is 34.4 Å². The summed E-state index contributed by atoms with van der Waals surface area (Å²) in [6.07, 6.45) is 5.33. The maximum absolute atomic E-state index is 12.4. The topological polar surface area (TPSA) is 80.3 Å². The van der Waals surface area contributed by atoms with Crippen LogP contribution in [0.15, 0.2) is 29.2 Å². The molecule has 1 aliphatic heterocycles. The minimum atomic E-state index is -3.96. The molecule has 1 saturated heterocycles. The Bertz CT molecular complexity index is 692. The highest BCUT2D eigenvalue weighted by Gasteiger charge is 2.63. The first kappa shape index (κ1) is 13.5. The molecule has 0 spiro atoms. The summed E-state index contributed by atoms with van der Waals surface area (Å²) >= 11 is 0. The predicted molar refractivity (Wildman–Crippen MR) is 68.8 cm³/mol. The third-order valence-electron chi connectivity index (χ3n) is 3.45. The third kappa shape index (κ3) is 1.80. The predicted octanol–water partition coefficient (Wildman–Crippen LogP) is 1.38. The van der Waals surface area contributed by atoms with Crippen LogP contribution in [0, 0.1) is 22.5 Å². The highest BCUT2D eigenvalue weighted by atomic mass is 32.2. The lowest BCUT2D eigenvalue weighted by molar-refractivity contribution is -0.387. The summed E-state index contributed by atoms with van der Waals surface area (Å²) in [6, 6.07) is 4.87. The van der Waals surface area contributed by atoms with Gasteiger partial charge in [-0.2, -0.15) is 4.31 Å². The fraction of sp³-hybridized carbons (Fsp3) is 0.333. The van der Waals surface area contributed by atoms with Crippen LogP contribution < -0.4 is 0 Å². The van der Waals surface area contributed by atoms with E-state index >= 15 is 0 Å². The highest BCUT2D eigenvalue weighted by molar-refractivity contribution is 7.89. The molecule has 2 rings (SSSR count). The molecule has 1 unspecified atom stereocenters. The zero-order chi connectivity index (χ0) is 14.4. The number of benzene rings is 1. The molecule has 1 aromatic carbocycles. The van der Waals surface area contributed by atoms with Crippen LogP contribution in [0.25, 0.3) is 0 Å². The van der Waals surface area contributed by atoms with Gasteiger partial charge in [0.1, 0.15) is 5.54 Å². The van der Waals surface area contributed by atoms with Crippen LogP contribution in [-0.2, 0) is 10.0 Å². The molecular weight excluding hydrogens is 268 g/mol. The van der Waals surface area contributed by atoms with Gasteiger partial charge in [-0.15, -0.1) is 6.42 Å². The van der Waals surface area contributed by atoms with Gasteiger partial charge in [-0.05, 0) is 19.9 Å². The molecule has 0 aliphatic carbocycles. The molecule has 0 amide bonds. The van der Waals surface area contributed by atoms with E-state index in [0.29, 0.717) is 0 Å². The van der Waals surface area contributed by atoms with Crippen LogP contribution >= 0.6 is 0 Å². The second kappa shape index (κ2) is 4.05. The number of rotatable bonds is 3. The van der Waals surface area contributed by atoms with Gasteiger partial charge in [-0.25, -0.2) is 8.42 Å². The Morgan fingerprint density at radius 1 is 1.47 bits per heavy atom. The third-order valence-corrected chi connectivity index (χ3v) is 5.56. The first-order chi connectivity index (χ1) is 8.76. The van der Waals surface area contributed by atoms with Gasteiger partial charge in [-0.3, -0.25) is 10.1 Å². The van der Waals surface area contributed by atoms with Crippen molar-refractivity contribution >= 4 is 15.7 Å². The van der Waals surface area contributed by atoms with Crippen molar-refractivity contribution in [3.8, 4) is 12.3 Å². The monoisotopic (exact) mass is 280 g/mol. The van der Waals surface area contributed by atoms with Gasteiger partial charge in [0.15, 0.2) is 4.90 Å². The van der Waals surface area contributed by atoms with Gasteiger partial charge in [0.25, 0.3) is 15.7 Å². The molecule has 6 nitrogen and oxygen atoms in total. The Balaban J connectivity index is 2.55. The molecule has 1 aliphatic rings. The molecule has 1 fully saturated rings. The van der Waals surface area contributed by atoms with Gasteiger partial charge < -0.3 is 0 Å². The fourth-order valence-electron chi connectivity index (χ4n) is 2.09. The summed E-state index contributed by atoms with van der Waals surface area (Å²) in [5.41, 5.74) is -1.36. The van der Waals surface area contributed by atoms with Crippen LogP contribution in [0.2, 0.25) is 0 Å². The van der Waals surface area contributed by atoms with Gasteiger partial charge >= 0.3 is 0 Å². The minimum absolute atomic E-state index is 0.328. The molecule has 3 atom stereocenters.